The maximum Gasteiger partial charge on any atom is 0.0758 e. The van der Waals surface area contributed by atoms with Crippen molar-refractivity contribution < 1.29 is 4.74 Å². The van der Waals surface area contributed by atoms with E-state index < -0.39 is 0 Å². The Hall–Kier alpha value is -0.800. The largest absolute Gasteiger partial charge is 0.373 e. The van der Waals surface area contributed by atoms with Crippen molar-refractivity contribution in [1.29, 1.82) is 0 Å². The fourth-order valence-electron chi connectivity index (χ4n) is 2.64. The second-order valence-electron chi connectivity index (χ2n) is 5.01. The molecular weight excluding hydrogens is 212 g/mol. The smallest absolute Gasteiger partial charge is 0.0758 e. The molecule has 3 unspecified atom stereocenters. The molecule has 0 aliphatic carbocycles. The van der Waals surface area contributed by atoms with Gasteiger partial charge in [-0.05, 0) is 45.4 Å². The first kappa shape index (κ1) is 12.7. The average Bonchev–Trinajstić information content (AvgIpc) is 2.89. The zero-order valence-corrected chi connectivity index (χ0v) is 11.1. The molecule has 3 heteroatoms. The zero-order valence-electron chi connectivity index (χ0n) is 11.1. The molecule has 2 heterocycles. The van der Waals surface area contributed by atoms with Crippen LogP contribution in [0.1, 0.15) is 45.3 Å². The van der Waals surface area contributed by atoms with Crippen molar-refractivity contribution in [2.75, 3.05) is 6.54 Å². The van der Waals surface area contributed by atoms with E-state index in [1.165, 1.54) is 18.5 Å². The highest BCUT2D eigenvalue weighted by molar-refractivity contribution is 5.11. The lowest BCUT2D eigenvalue weighted by atomic mass is 10.2. The summed E-state index contributed by atoms with van der Waals surface area (Å²) < 4.78 is 8.22. The van der Waals surface area contributed by atoms with E-state index in [2.05, 4.69) is 49.0 Å². The van der Waals surface area contributed by atoms with Gasteiger partial charge in [0.05, 0.1) is 12.2 Å². The summed E-state index contributed by atoms with van der Waals surface area (Å²) in [5.74, 6) is 0. The van der Waals surface area contributed by atoms with Gasteiger partial charge in [0.2, 0.25) is 0 Å². The van der Waals surface area contributed by atoms with Crippen LogP contribution in [0.2, 0.25) is 0 Å². The van der Waals surface area contributed by atoms with Gasteiger partial charge >= 0.3 is 0 Å². The van der Waals surface area contributed by atoms with Crippen LogP contribution in [0.4, 0.5) is 0 Å². The fourth-order valence-corrected chi connectivity index (χ4v) is 2.64. The van der Waals surface area contributed by atoms with Gasteiger partial charge < -0.3 is 14.6 Å². The molecule has 1 aliphatic heterocycles. The van der Waals surface area contributed by atoms with Gasteiger partial charge in [0.25, 0.3) is 0 Å². The van der Waals surface area contributed by atoms with Gasteiger partial charge in [-0.2, -0.15) is 0 Å². The van der Waals surface area contributed by atoms with Gasteiger partial charge in [-0.25, -0.2) is 0 Å². The molecule has 1 aromatic heterocycles. The lowest BCUT2D eigenvalue weighted by Gasteiger charge is -2.19. The first-order valence-electron chi connectivity index (χ1n) is 6.74. The standard InChI is InChI=1S/C14H24N2O/c1-4-15-12(3)14-6-5-9-16(14)10-13-8-7-11(2)17-13/h5-6,9,11-13,15H,4,7-8,10H2,1-3H3. The summed E-state index contributed by atoms with van der Waals surface area (Å²) in [5, 5.41) is 3.46. The van der Waals surface area contributed by atoms with Gasteiger partial charge in [-0.3, -0.25) is 0 Å². The summed E-state index contributed by atoms with van der Waals surface area (Å²) in [4.78, 5) is 0. The van der Waals surface area contributed by atoms with E-state index in [0.717, 1.165) is 13.1 Å². The molecular formula is C14H24N2O. The van der Waals surface area contributed by atoms with E-state index in [4.69, 9.17) is 4.74 Å². The second kappa shape index (κ2) is 5.69. The maximum absolute atomic E-state index is 5.89. The molecule has 1 saturated heterocycles. The Kier molecular flexibility index (Phi) is 4.24. The van der Waals surface area contributed by atoms with Gasteiger partial charge in [0, 0.05) is 24.5 Å². The van der Waals surface area contributed by atoms with E-state index in [-0.39, 0.29) is 0 Å². The molecule has 96 valence electrons. The Balaban J connectivity index is 1.98. The summed E-state index contributed by atoms with van der Waals surface area (Å²) in [5.41, 5.74) is 1.36. The van der Waals surface area contributed by atoms with Crippen molar-refractivity contribution in [3.63, 3.8) is 0 Å². The minimum atomic E-state index is 0.393. The quantitative estimate of drug-likeness (QED) is 0.850. The molecule has 1 aromatic rings. The molecule has 0 bridgehead atoms. The van der Waals surface area contributed by atoms with Gasteiger partial charge in [-0.1, -0.05) is 6.92 Å². The van der Waals surface area contributed by atoms with Crippen molar-refractivity contribution in [2.45, 2.75) is 58.4 Å². The van der Waals surface area contributed by atoms with Crippen molar-refractivity contribution in [2.24, 2.45) is 0 Å². The Morgan fingerprint density at radius 1 is 1.53 bits per heavy atom. The number of rotatable bonds is 5. The average molecular weight is 236 g/mol. The topological polar surface area (TPSA) is 26.2 Å². The van der Waals surface area contributed by atoms with Gasteiger partial charge in [0.15, 0.2) is 0 Å². The predicted molar refractivity (Wildman–Crippen MR) is 70.1 cm³/mol. The Bertz CT molecular complexity index is 348. The summed E-state index contributed by atoms with van der Waals surface area (Å²) >= 11 is 0. The van der Waals surface area contributed by atoms with Crippen LogP contribution in [0, 0.1) is 0 Å². The minimum absolute atomic E-state index is 0.393. The molecule has 3 atom stereocenters. The van der Waals surface area contributed by atoms with Crippen molar-refractivity contribution in [3.05, 3.63) is 24.0 Å². The molecule has 0 aromatic carbocycles. The van der Waals surface area contributed by atoms with Crippen LogP contribution in [0.25, 0.3) is 0 Å². The zero-order chi connectivity index (χ0) is 12.3. The highest BCUT2D eigenvalue weighted by Crippen LogP contribution is 2.22. The van der Waals surface area contributed by atoms with Crippen molar-refractivity contribution in [3.8, 4) is 0 Å². The number of hydrogen-bond donors (Lipinski definition) is 1. The van der Waals surface area contributed by atoms with E-state index in [1.807, 2.05) is 0 Å². The van der Waals surface area contributed by atoms with Gasteiger partial charge in [0.1, 0.15) is 0 Å². The third-order valence-electron chi connectivity index (χ3n) is 3.54. The van der Waals surface area contributed by atoms with Crippen LogP contribution < -0.4 is 5.32 Å². The molecule has 1 aliphatic rings. The van der Waals surface area contributed by atoms with E-state index in [1.54, 1.807) is 0 Å². The van der Waals surface area contributed by atoms with Crippen molar-refractivity contribution in [1.82, 2.24) is 9.88 Å². The summed E-state index contributed by atoms with van der Waals surface area (Å²) in [7, 11) is 0. The summed E-state index contributed by atoms with van der Waals surface area (Å²) in [6.07, 6.45) is 5.38. The molecule has 0 radical (unpaired) electrons. The number of nitrogens with one attached hydrogen (secondary N) is 1. The fraction of sp³-hybridized carbons (Fsp3) is 0.714. The van der Waals surface area contributed by atoms with E-state index in [0.29, 0.717) is 18.2 Å². The number of ether oxygens (including phenoxy) is 1. The maximum atomic E-state index is 5.89. The Morgan fingerprint density at radius 2 is 2.35 bits per heavy atom. The molecule has 17 heavy (non-hydrogen) atoms. The number of hydrogen-bond acceptors (Lipinski definition) is 2. The lowest BCUT2D eigenvalue weighted by Crippen LogP contribution is -2.23. The van der Waals surface area contributed by atoms with Gasteiger partial charge in [-0.15, -0.1) is 0 Å². The van der Waals surface area contributed by atoms with E-state index >= 15 is 0 Å². The van der Waals surface area contributed by atoms with Crippen LogP contribution in [0.5, 0.6) is 0 Å². The molecule has 3 nitrogen and oxygen atoms in total. The van der Waals surface area contributed by atoms with Crippen LogP contribution in [-0.4, -0.2) is 23.3 Å². The van der Waals surface area contributed by atoms with Crippen LogP contribution in [0.15, 0.2) is 18.3 Å². The Morgan fingerprint density at radius 3 is 3.00 bits per heavy atom. The first-order valence-corrected chi connectivity index (χ1v) is 6.74. The third kappa shape index (κ3) is 3.11. The molecule has 0 saturated carbocycles. The van der Waals surface area contributed by atoms with Crippen LogP contribution in [0.3, 0.4) is 0 Å². The van der Waals surface area contributed by atoms with Crippen molar-refractivity contribution >= 4 is 0 Å². The molecule has 2 rings (SSSR count). The monoisotopic (exact) mass is 236 g/mol. The molecule has 0 spiro atoms. The Labute approximate surface area is 104 Å². The molecule has 1 fully saturated rings. The lowest BCUT2D eigenvalue weighted by molar-refractivity contribution is 0.0452. The van der Waals surface area contributed by atoms with E-state index in [9.17, 15) is 0 Å². The highest BCUT2D eigenvalue weighted by atomic mass is 16.5. The minimum Gasteiger partial charge on any atom is -0.373 e. The van der Waals surface area contributed by atoms with Crippen LogP contribution >= 0.6 is 0 Å². The first-order chi connectivity index (χ1) is 8.20. The predicted octanol–water partition coefficient (Wildman–Crippen LogP) is 2.73. The number of aromatic nitrogens is 1. The molecule has 0 amide bonds. The second-order valence-corrected chi connectivity index (χ2v) is 5.01. The SMILES string of the molecule is CCNC(C)c1cccn1CC1CCC(C)O1. The number of nitrogens with zero attached hydrogens (tertiary/aromatic N) is 1. The summed E-state index contributed by atoms with van der Waals surface area (Å²) in [6.45, 7) is 8.52. The normalized spacial score (nSPS) is 26.3. The third-order valence-corrected chi connectivity index (χ3v) is 3.54. The molecule has 1 N–H and O–H groups in total. The highest BCUT2D eigenvalue weighted by Gasteiger charge is 2.22. The van der Waals surface area contributed by atoms with Crippen LogP contribution in [-0.2, 0) is 11.3 Å². The summed E-state index contributed by atoms with van der Waals surface area (Å²) in [6, 6.07) is 4.74.